The van der Waals surface area contributed by atoms with Crippen LogP contribution in [0, 0.1) is 12.7 Å². The number of halogens is 1. The molecule has 0 aliphatic carbocycles. The molecule has 0 fully saturated rings. The van der Waals surface area contributed by atoms with E-state index in [0.29, 0.717) is 17.7 Å². The molecule has 0 bridgehead atoms. The molecule has 0 amide bonds. The van der Waals surface area contributed by atoms with E-state index in [1.807, 2.05) is 18.4 Å². The van der Waals surface area contributed by atoms with E-state index in [-0.39, 0.29) is 5.82 Å². The Kier molecular flexibility index (Phi) is 3.13. The predicted octanol–water partition coefficient (Wildman–Crippen LogP) is 3.57. The van der Waals surface area contributed by atoms with E-state index in [1.54, 1.807) is 18.5 Å². The second-order valence-electron chi connectivity index (χ2n) is 4.26. The van der Waals surface area contributed by atoms with Crippen molar-refractivity contribution in [3.8, 4) is 11.3 Å². The van der Waals surface area contributed by atoms with Crippen LogP contribution in [0.25, 0.3) is 11.3 Å². The third kappa shape index (κ3) is 2.42. The summed E-state index contributed by atoms with van der Waals surface area (Å²) in [6, 6.07) is 6.69. The van der Waals surface area contributed by atoms with E-state index in [9.17, 15) is 4.39 Å². The summed E-state index contributed by atoms with van der Waals surface area (Å²) in [7, 11) is 0. The molecule has 1 N–H and O–H groups in total. The van der Waals surface area contributed by atoms with Crippen LogP contribution in [-0.2, 0) is 6.42 Å². The normalized spacial score (nSPS) is 10.8. The number of hydrogen-bond acceptors (Lipinski definition) is 3. The number of H-pyrrole nitrogens is 1. The highest BCUT2D eigenvalue weighted by Crippen LogP contribution is 2.25. The molecule has 0 saturated carbocycles. The van der Waals surface area contributed by atoms with Gasteiger partial charge in [0.15, 0.2) is 0 Å². The molecular formula is C14H12FN3S. The van der Waals surface area contributed by atoms with Gasteiger partial charge in [0.05, 0.1) is 22.7 Å². The fraction of sp³-hybridized carbons (Fsp3) is 0.143. The van der Waals surface area contributed by atoms with E-state index in [1.165, 1.54) is 17.4 Å². The smallest absolute Gasteiger partial charge is 0.132 e. The monoisotopic (exact) mass is 273 g/mol. The number of nitrogens with one attached hydrogen (secondary N) is 1. The van der Waals surface area contributed by atoms with Crippen LogP contribution in [0.2, 0.25) is 0 Å². The fourth-order valence-corrected chi connectivity index (χ4v) is 2.69. The summed E-state index contributed by atoms with van der Waals surface area (Å²) < 4.78 is 13.7. The van der Waals surface area contributed by atoms with E-state index in [0.717, 1.165) is 16.4 Å². The Labute approximate surface area is 114 Å². The first-order chi connectivity index (χ1) is 9.24. The van der Waals surface area contributed by atoms with Crippen LogP contribution in [0.3, 0.4) is 0 Å². The largest absolute Gasteiger partial charge is 0.348 e. The quantitative estimate of drug-likeness (QED) is 0.792. The Balaban J connectivity index is 1.88. The molecule has 0 saturated heterocycles. The highest BCUT2D eigenvalue weighted by Gasteiger charge is 2.10. The van der Waals surface area contributed by atoms with Crippen molar-refractivity contribution in [2.24, 2.45) is 0 Å². The molecular weight excluding hydrogens is 261 g/mol. The molecule has 2 heterocycles. The minimum absolute atomic E-state index is 0.240. The van der Waals surface area contributed by atoms with Gasteiger partial charge in [0, 0.05) is 23.1 Å². The average molecular weight is 273 g/mol. The number of aromatic amines is 1. The molecule has 3 nitrogen and oxygen atoms in total. The maximum atomic E-state index is 13.7. The number of aryl methyl sites for hydroxylation is 1. The molecule has 3 aromatic rings. The van der Waals surface area contributed by atoms with Gasteiger partial charge in [-0.25, -0.2) is 14.4 Å². The molecule has 0 atom stereocenters. The molecule has 0 aliphatic heterocycles. The molecule has 0 spiro atoms. The van der Waals surface area contributed by atoms with Gasteiger partial charge in [-0.3, -0.25) is 0 Å². The average Bonchev–Trinajstić information content (AvgIpc) is 3.01. The highest BCUT2D eigenvalue weighted by atomic mass is 32.1. The van der Waals surface area contributed by atoms with Crippen LogP contribution >= 0.6 is 11.3 Å². The fourth-order valence-electron chi connectivity index (χ4n) is 1.89. The number of nitrogens with zero attached hydrogens (tertiary/aromatic N) is 2. The van der Waals surface area contributed by atoms with Crippen LogP contribution in [0.5, 0.6) is 0 Å². The van der Waals surface area contributed by atoms with Gasteiger partial charge in [-0.05, 0) is 19.1 Å². The number of aromatic nitrogens is 3. The van der Waals surface area contributed by atoms with Gasteiger partial charge >= 0.3 is 0 Å². The van der Waals surface area contributed by atoms with Gasteiger partial charge in [-0.1, -0.05) is 12.1 Å². The lowest BCUT2D eigenvalue weighted by atomic mass is 10.1. The van der Waals surface area contributed by atoms with Gasteiger partial charge in [0.25, 0.3) is 0 Å². The van der Waals surface area contributed by atoms with Crippen LogP contribution in [-0.4, -0.2) is 15.0 Å². The number of benzene rings is 1. The van der Waals surface area contributed by atoms with Crippen molar-refractivity contribution >= 4 is 11.3 Å². The lowest BCUT2D eigenvalue weighted by Gasteiger charge is -1.98. The Morgan fingerprint density at radius 1 is 1.32 bits per heavy atom. The third-order valence-electron chi connectivity index (χ3n) is 2.95. The third-order valence-corrected chi connectivity index (χ3v) is 3.80. The van der Waals surface area contributed by atoms with Crippen molar-refractivity contribution in [1.82, 2.24) is 15.0 Å². The highest BCUT2D eigenvalue weighted by molar-refractivity contribution is 7.10. The molecule has 0 radical (unpaired) electrons. The first-order valence-corrected chi connectivity index (χ1v) is 6.80. The molecule has 3 rings (SSSR count). The number of thiazole rings is 1. The summed E-state index contributed by atoms with van der Waals surface area (Å²) >= 11 is 1.53. The van der Waals surface area contributed by atoms with E-state index >= 15 is 0 Å². The molecule has 2 aromatic heterocycles. The minimum Gasteiger partial charge on any atom is -0.348 e. The van der Waals surface area contributed by atoms with Crippen molar-refractivity contribution in [3.05, 3.63) is 58.2 Å². The maximum absolute atomic E-state index is 13.7. The topological polar surface area (TPSA) is 41.6 Å². The summed E-state index contributed by atoms with van der Waals surface area (Å²) in [6.07, 6.45) is 2.35. The number of hydrogen-bond donors (Lipinski definition) is 1. The van der Waals surface area contributed by atoms with E-state index in [4.69, 9.17) is 0 Å². The lowest BCUT2D eigenvalue weighted by molar-refractivity contribution is 0.631. The number of imidazole rings is 1. The summed E-state index contributed by atoms with van der Waals surface area (Å²) in [5.41, 5.74) is 3.26. The summed E-state index contributed by atoms with van der Waals surface area (Å²) in [5, 5.41) is 2.82. The van der Waals surface area contributed by atoms with Crippen molar-refractivity contribution in [2.45, 2.75) is 13.3 Å². The SMILES string of the molecule is Cc1[nH]cnc1Cc1nc(-c2ccccc2F)cs1. The van der Waals surface area contributed by atoms with Gasteiger partial charge in [0.2, 0.25) is 0 Å². The van der Waals surface area contributed by atoms with Crippen molar-refractivity contribution < 1.29 is 4.39 Å². The molecule has 96 valence electrons. The summed E-state index contributed by atoms with van der Waals surface area (Å²) in [4.78, 5) is 11.8. The maximum Gasteiger partial charge on any atom is 0.132 e. The van der Waals surface area contributed by atoms with Crippen LogP contribution < -0.4 is 0 Å². The Hall–Kier alpha value is -2.01. The second-order valence-corrected chi connectivity index (χ2v) is 5.20. The van der Waals surface area contributed by atoms with Gasteiger partial charge < -0.3 is 4.98 Å². The van der Waals surface area contributed by atoms with Gasteiger partial charge in [-0.15, -0.1) is 11.3 Å². The zero-order chi connectivity index (χ0) is 13.2. The molecule has 19 heavy (non-hydrogen) atoms. The van der Waals surface area contributed by atoms with E-state index in [2.05, 4.69) is 15.0 Å². The van der Waals surface area contributed by atoms with Crippen molar-refractivity contribution in [1.29, 1.82) is 0 Å². The summed E-state index contributed by atoms with van der Waals surface area (Å²) in [6.45, 7) is 1.98. The minimum atomic E-state index is -0.240. The first kappa shape index (κ1) is 12.0. The second kappa shape index (κ2) is 4.93. The molecule has 0 unspecified atom stereocenters. The predicted molar refractivity (Wildman–Crippen MR) is 73.6 cm³/mol. The molecule has 5 heteroatoms. The lowest BCUT2D eigenvalue weighted by Crippen LogP contribution is -1.91. The molecule has 1 aromatic carbocycles. The van der Waals surface area contributed by atoms with Crippen LogP contribution in [0.1, 0.15) is 16.4 Å². The van der Waals surface area contributed by atoms with Crippen molar-refractivity contribution in [3.63, 3.8) is 0 Å². The standard InChI is InChI=1S/C14H12FN3S/c1-9-12(17-8-16-9)6-14-18-13(7-19-14)10-4-2-3-5-11(10)15/h2-5,7-8H,6H2,1H3,(H,16,17). The van der Waals surface area contributed by atoms with Crippen LogP contribution in [0.15, 0.2) is 36.0 Å². The van der Waals surface area contributed by atoms with Gasteiger partial charge in [0.1, 0.15) is 5.82 Å². The number of rotatable bonds is 3. The Morgan fingerprint density at radius 2 is 2.16 bits per heavy atom. The zero-order valence-corrected chi connectivity index (χ0v) is 11.2. The zero-order valence-electron chi connectivity index (χ0n) is 10.4. The Bertz CT molecular complexity index is 702. The van der Waals surface area contributed by atoms with Crippen molar-refractivity contribution in [2.75, 3.05) is 0 Å². The first-order valence-electron chi connectivity index (χ1n) is 5.92. The van der Waals surface area contributed by atoms with Gasteiger partial charge in [-0.2, -0.15) is 0 Å². The molecule has 0 aliphatic rings. The van der Waals surface area contributed by atoms with Crippen LogP contribution in [0.4, 0.5) is 4.39 Å². The van der Waals surface area contributed by atoms with E-state index < -0.39 is 0 Å². The summed E-state index contributed by atoms with van der Waals surface area (Å²) in [5.74, 6) is -0.240. The Morgan fingerprint density at radius 3 is 2.89 bits per heavy atom.